The van der Waals surface area contributed by atoms with Crippen molar-refractivity contribution in [2.45, 2.75) is 18.9 Å². The Bertz CT molecular complexity index is 971. The van der Waals surface area contributed by atoms with Gasteiger partial charge in [0.1, 0.15) is 5.75 Å². The molecule has 3 aromatic carbocycles. The molecule has 0 bridgehead atoms. The average molecular weight is 375 g/mol. The lowest BCUT2D eigenvalue weighted by Crippen LogP contribution is -2.39. The standard InChI is InChI=1S/C24H25NO3/c1-28-20-9-4-8-19(16-20)23(25-14-12-18(13-15-25)24(26)27)22-11-5-7-17-6-2-3-10-21(17)22/h2-11,16,18,23H,12-15H2,1H3,(H,26,27). The van der Waals surface area contributed by atoms with E-state index in [1.54, 1.807) is 7.11 Å². The molecule has 144 valence electrons. The van der Waals surface area contributed by atoms with E-state index in [4.69, 9.17) is 4.74 Å². The van der Waals surface area contributed by atoms with Gasteiger partial charge in [0.25, 0.3) is 0 Å². The van der Waals surface area contributed by atoms with E-state index in [1.165, 1.54) is 21.9 Å². The Morgan fingerprint density at radius 3 is 2.50 bits per heavy atom. The number of hydrogen-bond acceptors (Lipinski definition) is 3. The van der Waals surface area contributed by atoms with Gasteiger partial charge >= 0.3 is 5.97 Å². The Morgan fingerprint density at radius 2 is 1.75 bits per heavy atom. The number of methoxy groups -OCH3 is 1. The molecule has 1 atom stereocenters. The molecule has 1 saturated heterocycles. The third-order valence-electron chi connectivity index (χ3n) is 5.77. The highest BCUT2D eigenvalue weighted by Crippen LogP contribution is 2.37. The second-order valence-corrected chi connectivity index (χ2v) is 7.40. The first-order valence-electron chi connectivity index (χ1n) is 9.76. The molecule has 0 spiro atoms. The summed E-state index contributed by atoms with van der Waals surface area (Å²) in [5.41, 5.74) is 2.42. The summed E-state index contributed by atoms with van der Waals surface area (Å²) in [7, 11) is 1.68. The number of carboxylic acids is 1. The molecule has 1 heterocycles. The summed E-state index contributed by atoms with van der Waals surface area (Å²) in [6.07, 6.45) is 1.36. The molecule has 1 fully saturated rings. The smallest absolute Gasteiger partial charge is 0.306 e. The minimum atomic E-state index is -0.678. The summed E-state index contributed by atoms with van der Waals surface area (Å²) >= 11 is 0. The Morgan fingerprint density at radius 1 is 1.04 bits per heavy atom. The van der Waals surface area contributed by atoms with Gasteiger partial charge in [-0.25, -0.2) is 0 Å². The maximum Gasteiger partial charge on any atom is 0.306 e. The number of hydrogen-bond donors (Lipinski definition) is 1. The first kappa shape index (κ1) is 18.5. The first-order chi connectivity index (χ1) is 13.7. The van der Waals surface area contributed by atoms with Crippen LogP contribution in [-0.4, -0.2) is 36.2 Å². The van der Waals surface area contributed by atoms with Crippen LogP contribution in [0.15, 0.2) is 66.7 Å². The van der Waals surface area contributed by atoms with E-state index in [9.17, 15) is 9.90 Å². The van der Waals surface area contributed by atoms with E-state index in [-0.39, 0.29) is 12.0 Å². The van der Waals surface area contributed by atoms with Crippen LogP contribution in [0.3, 0.4) is 0 Å². The minimum absolute atomic E-state index is 0.0657. The van der Waals surface area contributed by atoms with Gasteiger partial charge in [0.05, 0.1) is 19.1 Å². The van der Waals surface area contributed by atoms with Crippen LogP contribution in [-0.2, 0) is 4.79 Å². The molecule has 0 saturated carbocycles. The Kier molecular flexibility index (Phi) is 5.31. The lowest BCUT2D eigenvalue weighted by atomic mass is 9.89. The topological polar surface area (TPSA) is 49.8 Å². The second-order valence-electron chi connectivity index (χ2n) is 7.40. The third-order valence-corrected chi connectivity index (χ3v) is 5.77. The molecule has 1 unspecified atom stereocenters. The van der Waals surface area contributed by atoms with E-state index < -0.39 is 5.97 Å². The van der Waals surface area contributed by atoms with Crippen molar-refractivity contribution >= 4 is 16.7 Å². The number of likely N-dealkylation sites (tertiary alicyclic amines) is 1. The van der Waals surface area contributed by atoms with Gasteiger partial charge in [-0.2, -0.15) is 0 Å². The van der Waals surface area contributed by atoms with Crippen LogP contribution in [0.5, 0.6) is 5.75 Å². The lowest BCUT2D eigenvalue weighted by molar-refractivity contribution is -0.143. The fraction of sp³-hybridized carbons (Fsp3) is 0.292. The second kappa shape index (κ2) is 8.03. The normalized spacial score (nSPS) is 16.8. The first-order valence-corrected chi connectivity index (χ1v) is 9.76. The molecule has 4 heteroatoms. The number of carbonyl (C=O) groups is 1. The quantitative estimate of drug-likeness (QED) is 0.700. The molecule has 28 heavy (non-hydrogen) atoms. The van der Waals surface area contributed by atoms with E-state index >= 15 is 0 Å². The van der Waals surface area contributed by atoms with Crippen molar-refractivity contribution in [1.29, 1.82) is 0 Å². The fourth-order valence-electron chi connectivity index (χ4n) is 4.29. The van der Waals surface area contributed by atoms with Crippen molar-refractivity contribution in [2.24, 2.45) is 5.92 Å². The highest BCUT2D eigenvalue weighted by Gasteiger charge is 2.31. The Hall–Kier alpha value is -2.85. The Balaban J connectivity index is 1.79. The van der Waals surface area contributed by atoms with Crippen LogP contribution in [0.25, 0.3) is 10.8 Å². The molecule has 0 aliphatic carbocycles. The van der Waals surface area contributed by atoms with Gasteiger partial charge in [0.15, 0.2) is 0 Å². The summed E-state index contributed by atoms with van der Waals surface area (Å²) in [4.78, 5) is 13.8. The zero-order valence-corrected chi connectivity index (χ0v) is 16.0. The molecule has 1 aliphatic rings. The van der Waals surface area contributed by atoms with Crippen molar-refractivity contribution in [3.63, 3.8) is 0 Å². The number of fused-ring (bicyclic) bond motifs is 1. The molecule has 1 aliphatic heterocycles. The van der Waals surface area contributed by atoms with Gasteiger partial charge in [-0.1, -0.05) is 54.6 Å². The largest absolute Gasteiger partial charge is 0.497 e. The summed E-state index contributed by atoms with van der Waals surface area (Å²) < 4.78 is 5.47. The van der Waals surface area contributed by atoms with E-state index in [0.717, 1.165) is 18.8 Å². The van der Waals surface area contributed by atoms with E-state index in [2.05, 4.69) is 59.5 Å². The maximum atomic E-state index is 11.4. The minimum Gasteiger partial charge on any atom is -0.497 e. The molecular weight excluding hydrogens is 350 g/mol. The average Bonchev–Trinajstić information content (AvgIpc) is 2.75. The van der Waals surface area contributed by atoms with Crippen molar-refractivity contribution in [2.75, 3.05) is 20.2 Å². The van der Waals surface area contributed by atoms with E-state index in [0.29, 0.717) is 12.8 Å². The predicted octanol–water partition coefficient (Wildman–Crippen LogP) is 4.73. The summed E-state index contributed by atoms with van der Waals surface area (Å²) in [5, 5.41) is 11.8. The highest BCUT2D eigenvalue weighted by atomic mass is 16.5. The predicted molar refractivity (Wildman–Crippen MR) is 111 cm³/mol. The molecule has 3 aromatic rings. The summed E-state index contributed by atoms with van der Waals surface area (Å²) in [6.45, 7) is 1.53. The van der Waals surface area contributed by atoms with Gasteiger partial charge < -0.3 is 9.84 Å². The van der Waals surface area contributed by atoms with Gasteiger partial charge in [0, 0.05) is 0 Å². The Labute approximate surface area is 165 Å². The van der Waals surface area contributed by atoms with Crippen LogP contribution in [0.1, 0.15) is 30.0 Å². The van der Waals surface area contributed by atoms with Gasteiger partial charge in [-0.3, -0.25) is 9.69 Å². The van der Waals surface area contributed by atoms with Crippen molar-refractivity contribution in [3.8, 4) is 5.75 Å². The van der Waals surface area contributed by atoms with E-state index in [1.807, 2.05) is 12.1 Å². The lowest BCUT2D eigenvalue weighted by Gasteiger charge is -2.37. The number of benzene rings is 3. The number of piperidine rings is 1. The zero-order valence-electron chi connectivity index (χ0n) is 16.0. The number of nitrogens with zero attached hydrogens (tertiary/aromatic N) is 1. The number of aliphatic carboxylic acids is 1. The molecule has 4 nitrogen and oxygen atoms in total. The number of rotatable bonds is 5. The molecule has 0 radical (unpaired) electrons. The van der Waals surface area contributed by atoms with Crippen LogP contribution in [0.2, 0.25) is 0 Å². The summed E-state index contributed by atoms with van der Waals surface area (Å²) in [6, 6.07) is 23.2. The molecule has 1 N–H and O–H groups in total. The number of carboxylic acid groups (broad SMARTS) is 1. The van der Waals surface area contributed by atoms with Gasteiger partial charge in [-0.05, 0) is 60.0 Å². The highest BCUT2D eigenvalue weighted by molar-refractivity contribution is 5.86. The molecule has 0 amide bonds. The summed E-state index contributed by atoms with van der Waals surface area (Å²) in [5.74, 6) is -0.0828. The van der Waals surface area contributed by atoms with Crippen molar-refractivity contribution in [3.05, 3.63) is 77.9 Å². The zero-order chi connectivity index (χ0) is 19.5. The van der Waals surface area contributed by atoms with Crippen LogP contribution < -0.4 is 4.74 Å². The van der Waals surface area contributed by atoms with Crippen LogP contribution in [0, 0.1) is 5.92 Å². The van der Waals surface area contributed by atoms with Crippen LogP contribution >= 0.6 is 0 Å². The maximum absolute atomic E-state index is 11.4. The third kappa shape index (κ3) is 3.60. The molecule has 0 aromatic heterocycles. The molecule has 4 rings (SSSR count). The van der Waals surface area contributed by atoms with Crippen LogP contribution in [0.4, 0.5) is 0 Å². The SMILES string of the molecule is COc1cccc(C(c2cccc3ccccc23)N2CCC(C(=O)O)CC2)c1. The van der Waals surface area contributed by atoms with Gasteiger partial charge in [-0.15, -0.1) is 0 Å². The van der Waals surface area contributed by atoms with Crippen molar-refractivity contribution in [1.82, 2.24) is 4.90 Å². The number of ether oxygens (including phenoxy) is 1. The van der Waals surface area contributed by atoms with Gasteiger partial charge in [0.2, 0.25) is 0 Å². The fourth-order valence-corrected chi connectivity index (χ4v) is 4.29. The molecular formula is C24H25NO3. The monoisotopic (exact) mass is 375 g/mol. The van der Waals surface area contributed by atoms with Crippen molar-refractivity contribution < 1.29 is 14.6 Å².